The zero-order chi connectivity index (χ0) is 11.7. The van der Waals surface area contributed by atoms with Crippen molar-refractivity contribution in [3.8, 4) is 0 Å². The third-order valence-electron chi connectivity index (χ3n) is 4.79. The van der Waals surface area contributed by atoms with Gasteiger partial charge in [-0.2, -0.15) is 0 Å². The fourth-order valence-electron chi connectivity index (χ4n) is 3.29. The molecule has 0 aromatic rings. The summed E-state index contributed by atoms with van der Waals surface area (Å²) in [6.07, 6.45) is 10.7. The number of rotatable bonds is 6. The van der Waals surface area contributed by atoms with Gasteiger partial charge in [-0.15, -0.1) is 0 Å². The predicted octanol–water partition coefficient (Wildman–Crippen LogP) is 2.66. The average molecular weight is 237 g/mol. The Morgan fingerprint density at radius 3 is 1.88 bits per heavy atom. The molecular weight excluding hydrogens is 210 g/mol. The minimum absolute atomic E-state index is 0.00958. The van der Waals surface area contributed by atoms with E-state index in [1.54, 1.807) is 0 Å². The number of hydrogen-bond donors (Lipinski definition) is 1. The molecule has 2 atom stereocenters. The Kier molecular flexibility index (Phi) is 3.72. The van der Waals surface area contributed by atoms with Crippen molar-refractivity contribution in [2.24, 2.45) is 17.8 Å². The third kappa shape index (κ3) is 3.69. The molecule has 3 fully saturated rings. The third-order valence-corrected chi connectivity index (χ3v) is 4.79. The summed E-state index contributed by atoms with van der Waals surface area (Å²) in [7, 11) is 0. The fraction of sp³-hybridized carbons (Fsp3) is 1.00. The van der Waals surface area contributed by atoms with Crippen LogP contribution in [-0.4, -0.2) is 35.7 Å². The fourth-order valence-corrected chi connectivity index (χ4v) is 3.29. The molecule has 17 heavy (non-hydrogen) atoms. The molecule has 0 heterocycles. The summed E-state index contributed by atoms with van der Waals surface area (Å²) < 4.78 is 0. The van der Waals surface area contributed by atoms with Crippen LogP contribution >= 0.6 is 0 Å². The van der Waals surface area contributed by atoms with Crippen LogP contribution in [0.2, 0.25) is 0 Å². The van der Waals surface area contributed by atoms with E-state index in [0.717, 1.165) is 18.3 Å². The molecule has 3 aliphatic carbocycles. The van der Waals surface area contributed by atoms with Crippen LogP contribution in [-0.2, 0) is 0 Å². The van der Waals surface area contributed by atoms with E-state index in [-0.39, 0.29) is 6.10 Å². The molecule has 2 unspecified atom stereocenters. The van der Waals surface area contributed by atoms with Gasteiger partial charge in [-0.1, -0.05) is 12.8 Å². The second kappa shape index (κ2) is 5.27. The van der Waals surface area contributed by atoms with E-state index < -0.39 is 0 Å². The van der Waals surface area contributed by atoms with Crippen molar-refractivity contribution in [1.82, 2.24) is 4.90 Å². The lowest BCUT2D eigenvalue weighted by molar-refractivity contribution is 0.0444. The molecule has 1 N–H and O–H groups in total. The first kappa shape index (κ1) is 12.0. The highest BCUT2D eigenvalue weighted by molar-refractivity contribution is 4.85. The first-order valence-electron chi connectivity index (χ1n) is 7.71. The highest BCUT2D eigenvalue weighted by Gasteiger charge is 2.32. The van der Waals surface area contributed by atoms with Crippen molar-refractivity contribution in [1.29, 1.82) is 0 Å². The number of nitrogens with zero attached hydrogens (tertiary/aromatic N) is 1. The normalized spacial score (nSPS) is 34.2. The van der Waals surface area contributed by atoms with Crippen LogP contribution in [0.15, 0.2) is 0 Å². The van der Waals surface area contributed by atoms with Gasteiger partial charge in [0.15, 0.2) is 0 Å². The zero-order valence-electron chi connectivity index (χ0n) is 11.0. The molecular formula is C15H27NO. The van der Waals surface area contributed by atoms with Gasteiger partial charge in [-0.05, 0) is 56.3 Å². The van der Waals surface area contributed by atoms with E-state index in [1.165, 1.54) is 64.6 Å². The minimum atomic E-state index is -0.00958. The molecule has 98 valence electrons. The summed E-state index contributed by atoms with van der Waals surface area (Å²) in [4.78, 5) is 2.69. The highest BCUT2D eigenvalue weighted by Crippen LogP contribution is 2.35. The van der Waals surface area contributed by atoms with Gasteiger partial charge in [0.05, 0.1) is 6.10 Å². The van der Waals surface area contributed by atoms with Crippen molar-refractivity contribution in [2.75, 3.05) is 19.6 Å². The smallest absolute Gasteiger partial charge is 0.0580 e. The maximum absolute atomic E-state index is 10.1. The Hall–Kier alpha value is -0.0800. The lowest BCUT2D eigenvalue weighted by Gasteiger charge is -2.33. The van der Waals surface area contributed by atoms with Gasteiger partial charge < -0.3 is 10.0 Å². The van der Waals surface area contributed by atoms with E-state index in [4.69, 9.17) is 0 Å². The van der Waals surface area contributed by atoms with Crippen LogP contribution in [0.4, 0.5) is 0 Å². The molecule has 3 aliphatic rings. The SMILES string of the molecule is OC1CCCCC1CN(CC1CC1)CC1CC1. The van der Waals surface area contributed by atoms with Crippen molar-refractivity contribution in [3.63, 3.8) is 0 Å². The Bertz CT molecular complexity index is 233. The van der Waals surface area contributed by atoms with Crippen LogP contribution in [0, 0.1) is 17.8 Å². The van der Waals surface area contributed by atoms with Crippen molar-refractivity contribution >= 4 is 0 Å². The molecule has 2 heteroatoms. The Labute approximate surface area is 105 Å². The molecule has 0 spiro atoms. The lowest BCUT2D eigenvalue weighted by atomic mass is 9.86. The topological polar surface area (TPSA) is 23.5 Å². The van der Waals surface area contributed by atoms with E-state index in [0.29, 0.717) is 5.92 Å². The second-order valence-electron chi connectivity index (χ2n) is 6.72. The van der Waals surface area contributed by atoms with Gasteiger partial charge >= 0.3 is 0 Å². The van der Waals surface area contributed by atoms with Gasteiger partial charge in [0.2, 0.25) is 0 Å². The van der Waals surface area contributed by atoms with Crippen molar-refractivity contribution in [2.45, 2.75) is 57.5 Å². The molecule has 0 aliphatic heterocycles. The summed E-state index contributed by atoms with van der Waals surface area (Å²) in [6, 6.07) is 0. The molecule has 0 aromatic heterocycles. The summed E-state index contributed by atoms with van der Waals surface area (Å²) in [5.74, 6) is 2.56. The first-order valence-corrected chi connectivity index (χ1v) is 7.71. The lowest BCUT2D eigenvalue weighted by Crippen LogP contribution is -2.39. The summed E-state index contributed by atoms with van der Waals surface area (Å²) in [5.41, 5.74) is 0. The molecule has 0 bridgehead atoms. The predicted molar refractivity (Wildman–Crippen MR) is 69.9 cm³/mol. The Morgan fingerprint density at radius 1 is 0.765 bits per heavy atom. The average Bonchev–Trinajstić information content (AvgIpc) is 3.17. The largest absolute Gasteiger partial charge is 0.393 e. The van der Waals surface area contributed by atoms with Gasteiger partial charge in [-0.25, -0.2) is 0 Å². The van der Waals surface area contributed by atoms with Crippen LogP contribution in [0.25, 0.3) is 0 Å². The van der Waals surface area contributed by atoms with Crippen LogP contribution in [0.1, 0.15) is 51.4 Å². The van der Waals surface area contributed by atoms with Crippen LogP contribution < -0.4 is 0 Å². The van der Waals surface area contributed by atoms with Crippen LogP contribution in [0.5, 0.6) is 0 Å². The van der Waals surface area contributed by atoms with Gasteiger partial charge in [0, 0.05) is 19.6 Å². The molecule has 0 amide bonds. The molecule has 3 saturated carbocycles. The standard InChI is InChI=1S/C15H27NO/c17-15-4-2-1-3-14(15)11-16(9-12-5-6-12)10-13-7-8-13/h12-15,17H,1-11H2. The summed E-state index contributed by atoms with van der Waals surface area (Å²) >= 11 is 0. The van der Waals surface area contributed by atoms with Gasteiger partial charge in [0.1, 0.15) is 0 Å². The minimum Gasteiger partial charge on any atom is -0.393 e. The van der Waals surface area contributed by atoms with Crippen LogP contribution in [0.3, 0.4) is 0 Å². The zero-order valence-corrected chi connectivity index (χ0v) is 11.0. The number of aliphatic hydroxyl groups is 1. The number of aliphatic hydroxyl groups excluding tert-OH is 1. The van der Waals surface area contributed by atoms with E-state index >= 15 is 0 Å². The second-order valence-corrected chi connectivity index (χ2v) is 6.72. The van der Waals surface area contributed by atoms with E-state index in [9.17, 15) is 5.11 Å². The highest BCUT2D eigenvalue weighted by atomic mass is 16.3. The molecule has 3 rings (SSSR count). The first-order chi connectivity index (χ1) is 8.31. The van der Waals surface area contributed by atoms with Crippen molar-refractivity contribution < 1.29 is 5.11 Å². The van der Waals surface area contributed by atoms with Crippen molar-refractivity contribution in [3.05, 3.63) is 0 Å². The Balaban J connectivity index is 1.49. The van der Waals surface area contributed by atoms with E-state index in [1.807, 2.05) is 0 Å². The summed E-state index contributed by atoms with van der Waals surface area (Å²) in [6.45, 7) is 3.81. The molecule has 0 saturated heterocycles. The maximum Gasteiger partial charge on any atom is 0.0580 e. The summed E-state index contributed by atoms with van der Waals surface area (Å²) in [5, 5.41) is 10.1. The Morgan fingerprint density at radius 2 is 1.35 bits per heavy atom. The molecule has 0 aromatic carbocycles. The monoisotopic (exact) mass is 237 g/mol. The van der Waals surface area contributed by atoms with E-state index in [2.05, 4.69) is 4.90 Å². The maximum atomic E-state index is 10.1. The molecule has 2 nitrogen and oxygen atoms in total. The quantitative estimate of drug-likeness (QED) is 0.767. The van der Waals surface area contributed by atoms with Gasteiger partial charge in [-0.3, -0.25) is 0 Å². The number of hydrogen-bond acceptors (Lipinski definition) is 2. The molecule has 0 radical (unpaired) electrons. The van der Waals surface area contributed by atoms with Gasteiger partial charge in [0.25, 0.3) is 0 Å².